The van der Waals surface area contributed by atoms with Crippen LogP contribution >= 0.6 is 23.8 Å². The minimum Gasteiger partial charge on any atom is -0.458 e. The van der Waals surface area contributed by atoms with Crippen LogP contribution in [0.5, 0.6) is 0 Å². The number of esters is 1. The van der Waals surface area contributed by atoms with Gasteiger partial charge in [-0.3, -0.25) is 9.36 Å². The summed E-state index contributed by atoms with van der Waals surface area (Å²) >= 11 is 11.4. The largest absolute Gasteiger partial charge is 0.458 e. The third-order valence-corrected chi connectivity index (χ3v) is 4.69. The fourth-order valence-electron chi connectivity index (χ4n) is 2.73. The Balaban J connectivity index is 1.68. The van der Waals surface area contributed by atoms with Crippen molar-refractivity contribution in [3.05, 3.63) is 58.8 Å². The molecule has 1 aromatic carbocycles. The molecule has 3 aromatic rings. The van der Waals surface area contributed by atoms with Crippen molar-refractivity contribution in [1.29, 1.82) is 0 Å². The second kappa shape index (κ2) is 9.88. The van der Waals surface area contributed by atoms with Gasteiger partial charge in [0.05, 0.1) is 18.3 Å². The van der Waals surface area contributed by atoms with Gasteiger partial charge in [-0.15, -0.1) is 0 Å². The van der Waals surface area contributed by atoms with Gasteiger partial charge in [-0.05, 0) is 45.1 Å². The van der Waals surface area contributed by atoms with Crippen LogP contribution in [0.3, 0.4) is 0 Å². The zero-order valence-corrected chi connectivity index (χ0v) is 18.8. The van der Waals surface area contributed by atoms with Gasteiger partial charge < -0.3 is 15.4 Å². The van der Waals surface area contributed by atoms with E-state index in [1.807, 2.05) is 6.92 Å². The Kier molecular flexibility index (Phi) is 7.24. The SMILES string of the molecule is CCn1cc(NC(=S)Nc2ccn(Cc3c(F)cccc3Cl)n2)c(C(=O)OC(C)C)n1. The van der Waals surface area contributed by atoms with Crippen molar-refractivity contribution in [1.82, 2.24) is 19.6 Å². The third kappa shape index (κ3) is 5.80. The van der Waals surface area contributed by atoms with E-state index in [9.17, 15) is 9.18 Å². The van der Waals surface area contributed by atoms with Crippen LogP contribution in [0.1, 0.15) is 36.8 Å². The smallest absolute Gasteiger partial charge is 0.361 e. The van der Waals surface area contributed by atoms with Crippen LogP contribution in [-0.2, 0) is 17.8 Å². The number of halogens is 2. The normalized spacial score (nSPS) is 10.9. The molecular weight excluding hydrogens is 443 g/mol. The summed E-state index contributed by atoms with van der Waals surface area (Å²) in [5, 5.41) is 15.0. The van der Waals surface area contributed by atoms with Gasteiger partial charge in [0.1, 0.15) is 5.82 Å². The first-order chi connectivity index (χ1) is 14.8. The fraction of sp³-hybridized carbons (Fsp3) is 0.300. The molecule has 0 bridgehead atoms. The minimum absolute atomic E-state index is 0.138. The maximum atomic E-state index is 14.0. The summed E-state index contributed by atoms with van der Waals surface area (Å²) < 4.78 is 22.4. The van der Waals surface area contributed by atoms with Crippen molar-refractivity contribution in [3.63, 3.8) is 0 Å². The quantitative estimate of drug-likeness (QED) is 0.398. The van der Waals surface area contributed by atoms with Crippen molar-refractivity contribution < 1.29 is 13.9 Å². The van der Waals surface area contributed by atoms with E-state index in [1.165, 1.54) is 10.7 Å². The van der Waals surface area contributed by atoms with Crippen LogP contribution < -0.4 is 10.6 Å². The van der Waals surface area contributed by atoms with E-state index in [0.29, 0.717) is 28.6 Å². The molecule has 0 radical (unpaired) electrons. The van der Waals surface area contributed by atoms with Crippen molar-refractivity contribution >= 4 is 46.4 Å². The van der Waals surface area contributed by atoms with Gasteiger partial charge in [-0.2, -0.15) is 10.2 Å². The third-order valence-electron chi connectivity index (χ3n) is 4.13. The number of aromatic nitrogens is 4. The summed E-state index contributed by atoms with van der Waals surface area (Å²) in [6.45, 7) is 6.17. The zero-order chi connectivity index (χ0) is 22.5. The van der Waals surface area contributed by atoms with Crippen LogP contribution in [0, 0.1) is 5.82 Å². The second-order valence-electron chi connectivity index (χ2n) is 6.88. The fourth-order valence-corrected chi connectivity index (χ4v) is 3.16. The molecule has 0 atom stereocenters. The molecule has 0 saturated carbocycles. The lowest BCUT2D eigenvalue weighted by Gasteiger charge is -2.10. The van der Waals surface area contributed by atoms with Crippen molar-refractivity contribution in [2.45, 2.75) is 40.0 Å². The molecule has 2 aromatic heterocycles. The van der Waals surface area contributed by atoms with E-state index in [0.717, 1.165) is 0 Å². The molecule has 0 aliphatic carbocycles. The molecule has 3 rings (SSSR count). The number of hydrogen-bond acceptors (Lipinski definition) is 5. The molecule has 164 valence electrons. The highest BCUT2D eigenvalue weighted by Crippen LogP contribution is 2.20. The number of anilines is 2. The number of nitrogens with zero attached hydrogens (tertiary/aromatic N) is 4. The molecule has 2 heterocycles. The number of hydrogen-bond donors (Lipinski definition) is 2. The number of carbonyl (C=O) groups excluding carboxylic acids is 1. The number of benzene rings is 1. The summed E-state index contributed by atoms with van der Waals surface area (Å²) in [5.41, 5.74) is 0.904. The first-order valence-corrected chi connectivity index (χ1v) is 10.4. The number of rotatable bonds is 7. The number of thiocarbonyl (C=S) groups is 1. The van der Waals surface area contributed by atoms with Crippen LogP contribution in [0.2, 0.25) is 5.02 Å². The molecule has 0 unspecified atom stereocenters. The maximum Gasteiger partial charge on any atom is 0.361 e. The summed E-state index contributed by atoms with van der Waals surface area (Å²) in [6, 6.07) is 6.21. The molecular formula is C20H22ClFN6O2S. The highest BCUT2D eigenvalue weighted by Gasteiger charge is 2.20. The van der Waals surface area contributed by atoms with Crippen LogP contribution in [0.15, 0.2) is 36.7 Å². The van der Waals surface area contributed by atoms with E-state index >= 15 is 0 Å². The predicted octanol–water partition coefficient (Wildman–Crippen LogP) is 4.31. The van der Waals surface area contributed by atoms with Gasteiger partial charge in [0, 0.05) is 35.6 Å². The summed E-state index contributed by atoms with van der Waals surface area (Å²) in [4.78, 5) is 12.3. The second-order valence-corrected chi connectivity index (χ2v) is 7.69. The molecule has 0 aliphatic heterocycles. The minimum atomic E-state index is -0.543. The Bertz CT molecular complexity index is 1080. The zero-order valence-electron chi connectivity index (χ0n) is 17.2. The first kappa shape index (κ1) is 22.7. The van der Waals surface area contributed by atoms with E-state index in [1.54, 1.807) is 49.1 Å². The standard InChI is InChI=1S/C20H22ClFN6O2S/c1-4-27-11-16(18(26-27)19(29)30-12(2)3)23-20(31)24-17-8-9-28(25-17)10-13-14(21)6-5-7-15(13)22/h5-9,11-12H,4,10H2,1-3H3,(H2,23,24,25,31). The predicted molar refractivity (Wildman–Crippen MR) is 121 cm³/mol. The average Bonchev–Trinajstić information content (AvgIpc) is 3.31. The Morgan fingerprint density at radius 3 is 2.71 bits per heavy atom. The van der Waals surface area contributed by atoms with E-state index in [-0.39, 0.29) is 23.5 Å². The van der Waals surface area contributed by atoms with Gasteiger partial charge in [0.25, 0.3) is 0 Å². The molecule has 2 N–H and O–H groups in total. The maximum absolute atomic E-state index is 14.0. The number of ether oxygens (including phenoxy) is 1. The van der Waals surface area contributed by atoms with Crippen molar-refractivity contribution in [2.75, 3.05) is 10.6 Å². The molecule has 0 fully saturated rings. The van der Waals surface area contributed by atoms with Crippen LogP contribution in [-0.4, -0.2) is 36.7 Å². The van der Waals surface area contributed by atoms with Gasteiger partial charge >= 0.3 is 5.97 Å². The van der Waals surface area contributed by atoms with Gasteiger partial charge in [0.2, 0.25) is 0 Å². The van der Waals surface area contributed by atoms with Crippen molar-refractivity contribution in [3.8, 4) is 0 Å². The lowest BCUT2D eigenvalue weighted by Crippen LogP contribution is -2.21. The molecule has 0 spiro atoms. The Morgan fingerprint density at radius 2 is 2.03 bits per heavy atom. The van der Waals surface area contributed by atoms with Crippen LogP contribution in [0.25, 0.3) is 0 Å². The van der Waals surface area contributed by atoms with Gasteiger partial charge in [-0.25, -0.2) is 9.18 Å². The lowest BCUT2D eigenvalue weighted by molar-refractivity contribution is 0.0371. The van der Waals surface area contributed by atoms with E-state index in [4.69, 9.17) is 28.6 Å². The molecule has 0 saturated heterocycles. The Labute approximate surface area is 189 Å². The highest BCUT2D eigenvalue weighted by atomic mass is 35.5. The number of aryl methyl sites for hydroxylation is 1. The lowest BCUT2D eigenvalue weighted by atomic mass is 10.2. The van der Waals surface area contributed by atoms with Crippen LogP contribution in [0.4, 0.5) is 15.9 Å². The van der Waals surface area contributed by atoms with Gasteiger partial charge in [0.15, 0.2) is 16.6 Å². The first-order valence-electron chi connectivity index (χ1n) is 9.59. The molecule has 0 amide bonds. The summed E-state index contributed by atoms with van der Waals surface area (Å²) in [6.07, 6.45) is 3.07. The number of nitrogens with one attached hydrogen (secondary N) is 2. The topological polar surface area (TPSA) is 86.0 Å². The monoisotopic (exact) mass is 464 g/mol. The molecule has 0 aliphatic rings. The molecule has 8 nitrogen and oxygen atoms in total. The highest BCUT2D eigenvalue weighted by molar-refractivity contribution is 7.80. The van der Waals surface area contributed by atoms with Gasteiger partial charge in [-0.1, -0.05) is 17.7 Å². The molecule has 31 heavy (non-hydrogen) atoms. The Morgan fingerprint density at radius 1 is 1.26 bits per heavy atom. The van der Waals surface area contributed by atoms with E-state index < -0.39 is 11.8 Å². The number of carbonyl (C=O) groups is 1. The summed E-state index contributed by atoms with van der Waals surface area (Å²) in [5.74, 6) is -0.499. The average molecular weight is 465 g/mol. The summed E-state index contributed by atoms with van der Waals surface area (Å²) in [7, 11) is 0. The molecule has 11 heteroatoms. The van der Waals surface area contributed by atoms with E-state index in [2.05, 4.69) is 20.8 Å². The van der Waals surface area contributed by atoms with Crippen molar-refractivity contribution in [2.24, 2.45) is 0 Å². The Hall–Kier alpha value is -2.98.